The highest BCUT2D eigenvalue weighted by molar-refractivity contribution is 5.85. The van der Waals surface area contributed by atoms with Gasteiger partial charge in [0.25, 0.3) is 0 Å². The van der Waals surface area contributed by atoms with E-state index in [4.69, 9.17) is 19.9 Å². The number of benzene rings is 2. The number of nitrogens with two attached hydrogens (primary N) is 1. The lowest BCUT2D eigenvalue weighted by molar-refractivity contribution is -0.124. The minimum atomic E-state index is -0.711. The molecule has 7 heteroatoms. The van der Waals surface area contributed by atoms with E-state index in [9.17, 15) is 4.79 Å². The molecule has 0 spiro atoms. The van der Waals surface area contributed by atoms with Crippen molar-refractivity contribution >= 4 is 18.3 Å². The highest BCUT2D eigenvalue weighted by atomic mass is 35.5. The molecular formula is C20H27ClN2O4. The summed E-state index contributed by atoms with van der Waals surface area (Å²) in [5.74, 6) is 1.31. The Bertz CT molecular complexity index is 692. The molecule has 0 aliphatic carbocycles. The molecule has 2 rings (SSSR count). The number of methoxy groups -OCH3 is 3. The molecule has 0 radical (unpaired) electrons. The predicted molar refractivity (Wildman–Crippen MR) is 108 cm³/mol. The van der Waals surface area contributed by atoms with Crippen molar-refractivity contribution in [2.45, 2.75) is 18.5 Å². The van der Waals surface area contributed by atoms with Gasteiger partial charge in [-0.15, -0.1) is 12.4 Å². The SMILES string of the molecule is COCC(N)C(=O)NC(Cc1ccc(OC)cc1)c1ccc(OC)cc1.Cl. The van der Waals surface area contributed by atoms with Crippen LogP contribution in [0.25, 0.3) is 0 Å². The van der Waals surface area contributed by atoms with Crippen LogP contribution >= 0.6 is 12.4 Å². The van der Waals surface area contributed by atoms with Crippen molar-refractivity contribution in [3.8, 4) is 11.5 Å². The lowest BCUT2D eigenvalue weighted by Gasteiger charge is -2.22. The molecule has 2 atom stereocenters. The van der Waals surface area contributed by atoms with Crippen LogP contribution in [0.1, 0.15) is 17.2 Å². The second-order valence-corrected chi connectivity index (χ2v) is 5.95. The third-order valence-corrected chi connectivity index (χ3v) is 4.12. The molecule has 0 bridgehead atoms. The van der Waals surface area contributed by atoms with Crippen LogP contribution < -0.4 is 20.5 Å². The Morgan fingerprint density at radius 3 is 1.96 bits per heavy atom. The van der Waals surface area contributed by atoms with E-state index in [2.05, 4.69) is 5.32 Å². The molecule has 0 saturated heterocycles. The minimum absolute atomic E-state index is 0. The zero-order valence-electron chi connectivity index (χ0n) is 15.8. The Hall–Kier alpha value is -2.28. The van der Waals surface area contributed by atoms with Gasteiger partial charge in [-0.3, -0.25) is 4.79 Å². The maximum atomic E-state index is 12.4. The molecule has 1 amide bonds. The normalized spacial score (nSPS) is 12.4. The Morgan fingerprint density at radius 1 is 0.963 bits per heavy atom. The zero-order valence-corrected chi connectivity index (χ0v) is 16.6. The third-order valence-electron chi connectivity index (χ3n) is 4.12. The summed E-state index contributed by atoms with van der Waals surface area (Å²) < 4.78 is 15.4. The first-order valence-electron chi connectivity index (χ1n) is 8.39. The van der Waals surface area contributed by atoms with E-state index in [0.717, 1.165) is 22.6 Å². The molecule has 0 aliphatic heterocycles. The number of carbonyl (C=O) groups is 1. The van der Waals surface area contributed by atoms with Gasteiger partial charge in [-0.05, 0) is 41.8 Å². The lowest BCUT2D eigenvalue weighted by atomic mass is 9.98. The fourth-order valence-electron chi connectivity index (χ4n) is 2.62. The molecule has 0 fully saturated rings. The number of carbonyl (C=O) groups excluding carboxylic acids is 1. The predicted octanol–water partition coefficient (Wildman–Crippen LogP) is 2.50. The summed E-state index contributed by atoms with van der Waals surface area (Å²) in [5, 5.41) is 3.02. The van der Waals surface area contributed by atoms with Gasteiger partial charge in [0.15, 0.2) is 0 Å². The quantitative estimate of drug-likeness (QED) is 0.682. The molecule has 2 aromatic rings. The standard InChI is InChI=1S/C20H26N2O4.ClH/c1-24-13-18(21)20(23)22-19(15-6-10-17(26-3)11-7-15)12-14-4-8-16(25-2)9-5-14;/h4-11,18-19H,12-13,21H2,1-3H3,(H,22,23);1H. The molecule has 0 aromatic heterocycles. The molecule has 27 heavy (non-hydrogen) atoms. The van der Waals surface area contributed by atoms with Crippen LogP contribution in [0.3, 0.4) is 0 Å². The molecule has 0 heterocycles. The second kappa shape index (κ2) is 11.4. The fourth-order valence-corrected chi connectivity index (χ4v) is 2.62. The Balaban J connectivity index is 0.00000364. The van der Waals surface area contributed by atoms with Crippen LogP contribution in [0, 0.1) is 0 Å². The molecule has 0 saturated carbocycles. The van der Waals surface area contributed by atoms with E-state index in [-0.39, 0.29) is 31.0 Å². The Kier molecular flexibility index (Phi) is 9.64. The van der Waals surface area contributed by atoms with Crippen molar-refractivity contribution in [1.82, 2.24) is 5.32 Å². The number of hydrogen-bond acceptors (Lipinski definition) is 5. The Morgan fingerprint density at radius 2 is 1.48 bits per heavy atom. The topological polar surface area (TPSA) is 82.8 Å². The van der Waals surface area contributed by atoms with Gasteiger partial charge >= 0.3 is 0 Å². The van der Waals surface area contributed by atoms with E-state index in [0.29, 0.717) is 6.42 Å². The molecule has 2 aromatic carbocycles. The second-order valence-electron chi connectivity index (χ2n) is 5.95. The van der Waals surface area contributed by atoms with Crippen molar-refractivity contribution in [3.63, 3.8) is 0 Å². The van der Waals surface area contributed by atoms with Gasteiger partial charge in [0.2, 0.25) is 5.91 Å². The minimum Gasteiger partial charge on any atom is -0.497 e. The number of nitrogens with one attached hydrogen (secondary N) is 1. The van der Waals surface area contributed by atoms with Crippen molar-refractivity contribution < 1.29 is 19.0 Å². The molecular weight excluding hydrogens is 368 g/mol. The number of ether oxygens (including phenoxy) is 3. The van der Waals surface area contributed by atoms with E-state index in [1.165, 1.54) is 7.11 Å². The van der Waals surface area contributed by atoms with Crippen LogP contribution in [-0.2, 0) is 16.0 Å². The average Bonchev–Trinajstić information content (AvgIpc) is 2.68. The van der Waals surface area contributed by atoms with Crippen LogP contribution in [-0.4, -0.2) is 39.9 Å². The van der Waals surface area contributed by atoms with Crippen molar-refractivity contribution in [2.24, 2.45) is 5.73 Å². The van der Waals surface area contributed by atoms with Gasteiger partial charge in [0.1, 0.15) is 17.5 Å². The van der Waals surface area contributed by atoms with Crippen LogP contribution in [0.4, 0.5) is 0 Å². The van der Waals surface area contributed by atoms with Crippen molar-refractivity contribution in [2.75, 3.05) is 27.9 Å². The number of amides is 1. The average molecular weight is 395 g/mol. The summed E-state index contributed by atoms with van der Waals surface area (Å²) >= 11 is 0. The van der Waals surface area contributed by atoms with E-state index in [1.54, 1.807) is 14.2 Å². The van der Waals surface area contributed by atoms with Crippen LogP contribution in [0.2, 0.25) is 0 Å². The molecule has 2 unspecified atom stereocenters. The van der Waals surface area contributed by atoms with Gasteiger partial charge in [-0.2, -0.15) is 0 Å². The maximum Gasteiger partial charge on any atom is 0.239 e. The Labute approximate surface area is 166 Å². The van der Waals surface area contributed by atoms with Crippen LogP contribution in [0.5, 0.6) is 11.5 Å². The van der Waals surface area contributed by atoms with E-state index >= 15 is 0 Å². The summed E-state index contributed by atoms with van der Waals surface area (Å²) in [5.41, 5.74) is 7.91. The summed E-state index contributed by atoms with van der Waals surface area (Å²) in [6, 6.07) is 14.5. The molecule has 3 N–H and O–H groups in total. The zero-order chi connectivity index (χ0) is 18.9. The first-order valence-corrected chi connectivity index (χ1v) is 8.39. The number of halogens is 1. The summed E-state index contributed by atoms with van der Waals surface area (Å²) in [7, 11) is 4.77. The van der Waals surface area contributed by atoms with Gasteiger partial charge in [-0.25, -0.2) is 0 Å². The number of rotatable bonds is 9. The third kappa shape index (κ3) is 6.75. The fraction of sp³-hybridized carbons (Fsp3) is 0.350. The smallest absolute Gasteiger partial charge is 0.239 e. The van der Waals surface area contributed by atoms with Crippen molar-refractivity contribution in [3.05, 3.63) is 59.7 Å². The highest BCUT2D eigenvalue weighted by Crippen LogP contribution is 2.23. The first kappa shape index (κ1) is 22.8. The van der Waals surface area contributed by atoms with Crippen molar-refractivity contribution in [1.29, 1.82) is 0 Å². The number of hydrogen-bond donors (Lipinski definition) is 2. The van der Waals surface area contributed by atoms with Gasteiger partial charge < -0.3 is 25.3 Å². The van der Waals surface area contributed by atoms with Gasteiger partial charge in [0.05, 0.1) is 26.9 Å². The van der Waals surface area contributed by atoms with E-state index in [1.807, 2.05) is 48.5 Å². The highest BCUT2D eigenvalue weighted by Gasteiger charge is 2.20. The maximum absolute atomic E-state index is 12.4. The summed E-state index contributed by atoms with van der Waals surface area (Å²) in [4.78, 5) is 12.4. The molecule has 0 aliphatic rings. The lowest BCUT2D eigenvalue weighted by Crippen LogP contribution is -2.45. The van der Waals surface area contributed by atoms with Gasteiger partial charge in [-0.1, -0.05) is 24.3 Å². The molecule has 6 nitrogen and oxygen atoms in total. The van der Waals surface area contributed by atoms with Crippen LogP contribution in [0.15, 0.2) is 48.5 Å². The van der Waals surface area contributed by atoms with E-state index < -0.39 is 6.04 Å². The molecule has 148 valence electrons. The summed E-state index contributed by atoms with van der Waals surface area (Å²) in [6.07, 6.45) is 0.627. The largest absolute Gasteiger partial charge is 0.497 e. The van der Waals surface area contributed by atoms with Gasteiger partial charge in [0, 0.05) is 7.11 Å². The first-order chi connectivity index (χ1) is 12.6. The summed E-state index contributed by atoms with van der Waals surface area (Å²) in [6.45, 7) is 0.170. The monoisotopic (exact) mass is 394 g/mol.